The van der Waals surface area contributed by atoms with Gasteiger partial charge in [-0.1, -0.05) is 0 Å². The van der Waals surface area contributed by atoms with Crippen molar-refractivity contribution in [2.75, 3.05) is 38.0 Å². The van der Waals surface area contributed by atoms with Crippen LogP contribution in [0.2, 0.25) is 0 Å². The summed E-state index contributed by atoms with van der Waals surface area (Å²) in [6, 6.07) is 7.78. The van der Waals surface area contributed by atoms with Gasteiger partial charge in [0.25, 0.3) is 0 Å². The Morgan fingerprint density at radius 2 is 1.13 bits per heavy atom. The van der Waals surface area contributed by atoms with Crippen LogP contribution >= 0.6 is 0 Å². The largest absolute Gasteiger partial charge is 1.00 e. The van der Waals surface area contributed by atoms with Crippen molar-refractivity contribution in [3.63, 3.8) is 0 Å². The number of carbonyl (C=O) groups excluding carboxylic acids is 1. The third-order valence-electron chi connectivity index (χ3n) is 3.93. The molecular weight excluding hydrogens is 454 g/mol. The summed E-state index contributed by atoms with van der Waals surface area (Å²) in [5.74, 6) is -0.731. The Balaban J connectivity index is 0.00000420. The number of hydrogen-bond donors (Lipinski definition) is 0. The van der Waals surface area contributed by atoms with Crippen LogP contribution in [0.1, 0.15) is 15.9 Å². The van der Waals surface area contributed by atoms with Gasteiger partial charge in [0.1, 0.15) is 20.2 Å². The molecule has 0 aromatic heterocycles. The molecule has 0 saturated carbocycles. The Morgan fingerprint density at radius 1 is 0.733 bits per heavy atom. The van der Waals surface area contributed by atoms with Crippen LogP contribution in [0.15, 0.2) is 46.2 Å². The molecule has 13 heteroatoms. The van der Waals surface area contributed by atoms with Crippen molar-refractivity contribution in [2.45, 2.75) is 9.79 Å². The van der Waals surface area contributed by atoms with Gasteiger partial charge in [0, 0.05) is 45.0 Å². The Kier molecular flexibility index (Phi) is 10.7. The van der Waals surface area contributed by atoms with Crippen LogP contribution in [0.25, 0.3) is 0 Å². The molecule has 2 aromatic rings. The van der Waals surface area contributed by atoms with E-state index in [2.05, 4.69) is 0 Å². The second-order valence-corrected chi connectivity index (χ2v) is 9.09. The Bertz CT molecular complexity index is 1080. The van der Waals surface area contributed by atoms with E-state index in [4.69, 9.17) is 0 Å². The molecule has 0 heterocycles. The van der Waals surface area contributed by atoms with Crippen LogP contribution < -0.4 is 68.9 Å². The van der Waals surface area contributed by atoms with E-state index in [0.29, 0.717) is 0 Å². The van der Waals surface area contributed by atoms with E-state index in [-0.39, 0.29) is 64.7 Å². The van der Waals surface area contributed by atoms with Crippen molar-refractivity contribution in [2.24, 2.45) is 0 Å². The van der Waals surface area contributed by atoms with Gasteiger partial charge in [-0.25, -0.2) is 16.8 Å². The molecule has 2 aromatic carbocycles. The van der Waals surface area contributed by atoms with Crippen LogP contribution in [-0.2, 0) is 20.2 Å². The van der Waals surface area contributed by atoms with E-state index in [1.54, 1.807) is 31.1 Å². The fourth-order valence-electron chi connectivity index (χ4n) is 2.61. The van der Waals surface area contributed by atoms with Crippen LogP contribution in [0.3, 0.4) is 0 Å². The summed E-state index contributed by atoms with van der Waals surface area (Å²) in [5, 5.41) is 0. The summed E-state index contributed by atoms with van der Waals surface area (Å²) < 4.78 is 70.0. The summed E-state index contributed by atoms with van der Waals surface area (Å²) >= 11 is 0. The molecule has 0 aliphatic rings. The molecule has 0 atom stereocenters. The number of carbonyl (C=O) groups is 1. The Morgan fingerprint density at radius 3 is 1.43 bits per heavy atom. The standard InChI is InChI=1S/C17H20N2O7S2.2Na/c1-18(2)13-7-5-11(6-8-13)17(20)12-9-14(27(21,22)23)16(19(3)4)15(10-12)28(24,25)26;;/h5-10H,1-4H3,(H,21,22,23)(H,24,25,26);;/q;2*+1/p-2. The molecule has 30 heavy (non-hydrogen) atoms. The second kappa shape index (κ2) is 10.9. The fourth-order valence-corrected chi connectivity index (χ4v) is 4.28. The summed E-state index contributed by atoms with van der Waals surface area (Å²) in [5.41, 5.74) is -0.0478. The molecule has 0 spiro atoms. The molecule has 0 saturated heterocycles. The third kappa shape index (κ3) is 6.76. The SMILES string of the molecule is CN(C)c1ccc(C(=O)c2cc(S(=O)(=O)[O-])c(N(C)C)c(S(=O)(=O)[O-])c2)cc1.[Na+].[Na+]. The van der Waals surface area contributed by atoms with Gasteiger partial charge in [-0.15, -0.1) is 0 Å². The first-order chi connectivity index (χ1) is 12.7. The second-order valence-electron chi connectivity index (χ2n) is 6.39. The minimum atomic E-state index is -5.17. The maximum Gasteiger partial charge on any atom is 1.00 e. The van der Waals surface area contributed by atoms with E-state index >= 15 is 0 Å². The van der Waals surface area contributed by atoms with Gasteiger partial charge in [0.15, 0.2) is 5.78 Å². The topological polar surface area (TPSA) is 138 Å². The molecule has 0 N–H and O–H groups in total. The number of hydrogen-bond acceptors (Lipinski definition) is 9. The minimum Gasteiger partial charge on any atom is -0.744 e. The van der Waals surface area contributed by atoms with E-state index in [1.165, 1.54) is 26.2 Å². The first-order valence-electron chi connectivity index (χ1n) is 7.82. The fraction of sp³-hybridized carbons (Fsp3) is 0.235. The number of rotatable bonds is 6. The zero-order valence-electron chi connectivity index (χ0n) is 17.5. The van der Waals surface area contributed by atoms with E-state index in [1.807, 2.05) is 0 Å². The average molecular weight is 472 g/mol. The minimum absolute atomic E-state index is 0. The van der Waals surface area contributed by atoms with Crippen molar-refractivity contribution in [3.8, 4) is 0 Å². The van der Waals surface area contributed by atoms with Crippen molar-refractivity contribution < 1.29 is 89.9 Å². The smallest absolute Gasteiger partial charge is 0.744 e. The van der Waals surface area contributed by atoms with E-state index < -0.39 is 47.1 Å². The van der Waals surface area contributed by atoms with E-state index in [0.717, 1.165) is 22.7 Å². The summed E-state index contributed by atoms with van der Waals surface area (Å²) in [6.07, 6.45) is 0. The van der Waals surface area contributed by atoms with E-state index in [9.17, 15) is 30.7 Å². The molecular formula is C17H18N2Na2O7S2. The van der Waals surface area contributed by atoms with Gasteiger partial charge in [0.2, 0.25) is 0 Å². The zero-order valence-corrected chi connectivity index (χ0v) is 23.2. The number of anilines is 2. The molecule has 152 valence electrons. The van der Waals surface area contributed by atoms with Crippen LogP contribution in [-0.4, -0.2) is 59.9 Å². The van der Waals surface area contributed by atoms with Crippen LogP contribution in [0.4, 0.5) is 11.4 Å². The quantitative estimate of drug-likeness (QED) is 0.230. The summed E-state index contributed by atoms with van der Waals surface area (Å²) in [6.45, 7) is 0. The predicted molar refractivity (Wildman–Crippen MR) is 101 cm³/mol. The van der Waals surface area contributed by atoms with Gasteiger partial charge in [-0.05, 0) is 36.4 Å². The maximum atomic E-state index is 12.7. The molecule has 0 amide bonds. The van der Waals surface area contributed by atoms with Crippen molar-refractivity contribution in [1.29, 1.82) is 0 Å². The molecule has 0 aliphatic carbocycles. The predicted octanol–water partition coefficient (Wildman–Crippen LogP) is -5.13. The first kappa shape index (κ1) is 29.5. The maximum absolute atomic E-state index is 12.7. The molecule has 2 rings (SSSR count). The van der Waals surface area contributed by atoms with Gasteiger partial charge < -0.3 is 18.9 Å². The monoisotopic (exact) mass is 472 g/mol. The molecule has 0 aliphatic heterocycles. The van der Waals surface area contributed by atoms with Crippen molar-refractivity contribution in [1.82, 2.24) is 0 Å². The molecule has 0 bridgehead atoms. The van der Waals surface area contributed by atoms with Crippen LogP contribution in [0, 0.1) is 0 Å². The van der Waals surface area contributed by atoms with Gasteiger partial charge in [0.05, 0.1) is 15.5 Å². The normalized spacial score (nSPS) is 11.1. The molecule has 9 nitrogen and oxygen atoms in total. The van der Waals surface area contributed by atoms with Gasteiger partial charge in [-0.3, -0.25) is 4.79 Å². The summed E-state index contributed by atoms with van der Waals surface area (Å²) in [4.78, 5) is 13.7. The number of nitrogens with zero attached hydrogens (tertiary/aromatic N) is 2. The Labute approximate surface area is 220 Å². The van der Waals surface area contributed by atoms with Crippen LogP contribution in [0.5, 0.6) is 0 Å². The van der Waals surface area contributed by atoms with Gasteiger partial charge >= 0.3 is 59.1 Å². The molecule has 0 unspecified atom stereocenters. The molecule has 0 radical (unpaired) electrons. The molecule has 0 fully saturated rings. The Hall–Kier alpha value is -0.470. The first-order valence-corrected chi connectivity index (χ1v) is 10.6. The third-order valence-corrected chi connectivity index (χ3v) is 5.63. The number of ketones is 1. The summed E-state index contributed by atoms with van der Waals surface area (Å²) in [7, 11) is -4.19. The average Bonchev–Trinajstić information content (AvgIpc) is 2.58. The van der Waals surface area contributed by atoms with Gasteiger partial charge in [-0.2, -0.15) is 0 Å². The number of benzene rings is 2. The zero-order chi connectivity index (χ0) is 21.4. The van der Waals surface area contributed by atoms with Crippen molar-refractivity contribution >= 4 is 37.4 Å². The van der Waals surface area contributed by atoms with Crippen molar-refractivity contribution in [3.05, 3.63) is 47.5 Å².